The van der Waals surface area contributed by atoms with E-state index in [0.29, 0.717) is 19.7 Å². The average molecular weight is 408 g/mol. The molecule has 1 amide bonds. The van der Waals surface area contributed by atoms with Gasteiger partial charge < -0.3 is 19.5 Å². The molecule has 1 aromatic heterocycles. The summed E-state index contributed by atoms with van der Waals surface area (Å²) >= 11 is 0. The van der Waals surface area contributed by atoms with Gasteiger partial charge in [-0.1, -0.05) is 12.1 Å². The minimum atomic E-state index is 0. The largest absolute Gasteiger partial charge is 0.494 e. The Balaban J connectivity index is 0.00000280. The van der Waals surface area contributed by atoms with Crippen molar-refractivity contribution >= 4 is 18.3 Å². The molecule has 2 heterocycles. The molecule has 1 aromatic carbocycles. The Hall–Kier alpha value is -2.09. The molecule has 1 atom stereocenters. The van der Waals surface area contributed by atoms with Gasteiger partial charge in [0.25, 0.3) is 0 Å². The Morgan fingerprint density at radius 3 is 2.75 bits per heavy atom. The molecule has 1 aliphatic heterocycles. The highest BCUT2D eigenvalue weighted by Gasteiger charge is 2.28. The van der Waals surface area contributed by atoms with Gasteiger partial charge in [0.2, 0.25) is 5.91 Å². The Bertz CT molecular complexity index is 749. The van der Waals surface area contributed by atoms with Crippen molar-refractivity contribution in [2.45, 2.75) is 19.5 Å². The summed E-state index contributed by atoms with van der Waals surface area (Å²) in [7, 11) is 3.85. The number of likely N-dealkylation sites (N-methyl/N-ethyl adjacent to an activating group) is 1. The van der Waals surface area contributed by atoms with E-state index in [4.69, 9.17) is 4.74 Å². The molecular weight excluding hydrogens is 378 g/mol. The summed E-state index contributed by atoms with van der Waals surface area (Å²) in [6, 6.07) is 8.03. The van der Waals surface area contributed by atoms with Crippen LogP contribution in [0, 0.1) is 0 Å². The van der Waals surface area contributed by atoms with Crippen LogP contribution >= 0.6 is 12.4 Å². The predicted octanol–water partition coefficient (Wildman–Crippen LogP) is 1.85. The molecule has 0 aliphatic carbocycles. The van der Waals surface area contributed by atoms with Gasteiger partial charge in [-0.3, -0.25) is 9.69 Å². The summed E-state index contributed by atoms with van der Waals surface area (Å²) in [5.74, 6) is 1.96. The fourth-order valence-electron chi connectivity index (χ4n) is 3.40. The van der Waals surface area contributed by atoms with Gasteiger partial charge in [0.05, 0.1) is 19.2 Å². The first-order chi connectivity index (χ1) is 13.1. The maximum Gasteiger partial charge on any atom is 0.236 e. The number of carbonyl (C=O) groups is 1. The van der Waals surface area contributed by atoms with Crippen LogP contribution in [0.25, 0.3) is 0 Å². The fourth-order valence-corrected chi connectivity index (χ4v) is 3.40. The number of nitrogens with zero attached hydrogens (tertiary/aromatic N) is 4. The van der Waals surface area contributed by atoms with Gasteiger partial charge in [0, 0.05) is 52.7 Å². The molecule has 2 aromatic rings. The number of hydrogen-bond donors (Lipinski definition) is 1. The van der Waals surface area contributed by atoms with Crippen molar-refractivity contribution in [3.05, 3.63) is 48.0 Å². The third kappa shape index (κ3) is 5.47. The monoisotopic (exact) mass is 407 g/mol. The molecule has 8 heteroatoms. The van der Waals surface area contributed by atoms with E-state index in [-0.39, 0.29) is 24.4 Å². The molecule has 1 fully saturated rings. The van der Waals surface area contributed by atoms with Gasteiger partial charge >= 0.3 is 0 Å². The van der Waals surface area contributed by atoms with Crippen LogP contribution in [0.4, 0.5) is 0 Å². The number of imidazole rings is 1. The van der Waals surface area contributed by atoms with E-state index < -0.39 is 0 Å². The molecule has 3 rings (SSSR count). The minimum Gasteiger partial charge on any atom is -0.494 e. The number of piperazine rings is 1. The summed E-state index contributed by atoms with van der Waals surface area (Å²) in [6.45, 7) is 6.13. The third-order valence-electron chi connectivity index (χ3n) is 4.93. The van der Waals surface area contributed by atoms with Crippen LogP contribution in [-0.2, 0) is 18.4 Å². The first-order valence-electron chi connectivity index (χ1n) is 9.46. The zero-order valence-corrected chi connectivity index (χ0v) is 17.6. The van der Waals surface area contributed by atoms with Crippen molar-refractivity contribution < 1.29 is 9.53 Å². The van der Waals surface area contributed by atoms with Gasteiger partial charge in [-0.2, -0.15) is 0 Å². The molecule has 28 heavy (non-hydrogen) atoms. The smallest absolute Gasteiger partial charge is 0.236 e. The maximum atomic E-state index is 12.8. The highest BCUT2D eigenvalue weighted by atomic mass is 35.5. The number of nitrogens with one attached hydrogen (secondary N) is 1. The van der Waals surface area contributed by atoms with Crippen LogP contribution in [0.3, 0.4) is 0 Å². The molecule has 0 bridgehead atoms. The first-order valence-corrected chi connectivity index (χ1v) is 9.46. The molecule has 1 N–H and O–H groups in total. The second-order valence-corrected chi connectivity index (χ2v) is 6.91. The molecule has 0 saturated carbocycles. The summed E-state index contributed by atoms with van der Waals surface area (Å²) < 4.78 is 7.50. The molecule has 1 unspecified atom stereocenters. The molecule has 154 valence electrons. The standard InChI is InChI=1S/C20H29N5O2.ClH/c1-4-27-17-7-5-16(6-8-17)14-24(3)19(26)15-25-12-9-21-13-18(25)20-22-10-11-23(20)2;/h5-8,10-11,18,21H,4,9,12-15H2,1-3H3;1H. The SMILES string of the molecule is CCOc1ccc(CN(C)C(=O)CN2CCNCC2c2nccn2C)cc1.Cl. The summed E-state index contributed by atoms with van der Waals surface area (Å²) in [5.41, 5.74) is 1.09. The number of ether oxygens (including phenoxy) is 1. The zero-order chi connectivity index (χ0) is 19.2. The van der Waals surface area contributed by atoms with Gasteiger partial charge in [0.15, 0.2) is 0 Å². The molecular formula is C20H30ClN5O2. The van der Waals surface area contributed by atoms with Gasteiger partial charge in [-0.05, 0) is 24.6 Å². The Morgan fingerprint density at radius 2 is 2.11 bits per heavy atom. The van der Waals surface area contributed by atoms with Crippen LogP contribution in [0.15, 0.2) is 36.7 Å². The number of benzene rings is 1. The van der Waals surface area contributed by atoms with Crippen molar-refractivity contribution in [3.63, 3.8) is 0 Å². The van der Waals surface area contributed by atoms with Crippen molar-refractivity contribution in [1.82, 2.24) is 24.7 Å². The van der Waals surface area contributed by atoms with Crippen molar-refractivity contribution in [2.75, 3.05) is 39.8 Å². The van der Waals surface area contributed by atoms with E-state index in [1.54, 1.807) is 4.90 Å². The molecule has 1 aliphatic rings. The van der Waals surface area contributed by atoms with E-state index >= 15 is 0 Å². The highest BCUT2D eigenvalue weighted by Crippen LogP contribution is 2.20. The number of hydrogen-bond acceptors (Lipinski definition) is 5. The number of aryl methyl sites for hydroxylation is 1. The Kier molecular flexibility index (Phi) is 8.29. The molecule has 0 radical (unpaired) electrons. The van der Waals surface area contributed by atoms with Crippen LogP contribution in [-0.4, -0.2) is 65.1 Å². The van der Waals surface area contributed by atoms with Crippen molar-refractivity contribution in [3.8, 4) is 5.75 Å². The Morgan fingerprint density at radius 1 is 1.36 bits per heavy atom. The molecule has 1 saturated heterocycles. The fraction of sp³-hybridized carbons (Fsp3) is 0.500. The van der Waals surface area contributed by atoms with Gasteiger partial charge in [-0.25, -0.2) is 4.98 Å². The van der Waals surface area contributed by atoms with Gasteiger partial charge in [0.1, 0.15) is 11.6 Å². The number of amides is 1. The number of aromatic nitrogens is 2. The van der Waals surface area contributed by atoms with Crippen LogP contribution in [0.2, 0.25) is 0 Å². The van der Waals surface area contributed by atoms with Crippen molar-refractivity contribution in [2.24, 2.45) is 7.05 Å². The number of rotatable bonds is 7. The van der Waals surface area contributed by atoms with Crippen LogP contribution < -0.4 is 10.1 Å². The summed E-state index contributed by atoms with van der Waals surface area (Å²) in [6.07, 6.45) is 3.75. The zero-order valence-electron chi connectivity index (χ0n) is 16.8. The summed E-state index contributed by atoms with van der Waals surface area (Å²) in [4.78, 5) is 21.3. The van der Waals surface area contributed by atoms with E-state index in [9.17, 15) is 4.79 Å². The summed E-state index contributed by atoms with van der Waals surface area (Å²) in [5, 5.41) is 3.41. The normalized spacial score (nSPS) is 17.0. The van der Waals surface area contributed by atoms with E-state index in [0.717, 1.165) is 36.8 Å². The average Bonchev–Trinajstić information content (AvgIpc) is 3.09. The topological polar surface area (TPSA) is 62.6 Å². The van der Waals surface area contributed by atoms with E-state index in [1.165, 1.54) is 0 Å². The van der Waals surface area contributed by atoms with E-state index in [2.05, 4.69) is 15.2 Å². The lowest BCUT2D eigenvalue weighted by Crippen LogP contribution is -2.50. The second-order valence-electron chi connectivity index (χ2n) is 6.91. The predicted molar refractivity (Wildman–Crippen MR) is 112 cm³/mol. The lowest BCUT2D eigenvalue weighted by atomic mass is 10.1. The molecule has 7 nitrogen and oxygen atoms in total. The highest BCUT2D eigenvalue weighted by molar-refractivity contribution is 5.85. The Labute approximate surface area is 173 Å². The van der Waals surface area contributed by atoms with Crippen LogP contribution in [0.1, 0.15) is 24.4 Å². The number of carbonyl (C=O) groups excluding carboxylic acids is 1. The quantitative estimate of drug-likeness (QED) is 0.758. The second kappa shape index (κ2) is 10.5. The maximum absolute atomic E-state index is 12.8. The van der Waals surface area contributed by atoms with Crippen LogP contribution in [0.5, 0.6) is 5.75 Å². The lowest BCUT2D eigenvalue weighted by molar-refractivity contribution is -0.132. The number of halogens is 1. The van der Waals surface area contributed by atoms with Crippen molar-refractivity contribution in [1.29, 1.82) is 0 Å². The third-order valence-corrected chi connectivity index (χ3v) is 4.93. The lowest BCUT2D eigenvalue weighted by Gasteiger charge is -2.36. The minimum absolute atomic E-state index is 0. The van der Waals surface area contributed by atoms with E-state index in [1.807, 2.05) is 62.2 Å². The van der Waals surface area contributed by atoms with Gasteiger partial charge in [-0.15, -0.1) is 12.4 Å². The first kappa shape index (κ1) is 22.2. The molecule has 0 spiro atoms.